The summed E-state index contributed by atoms with van der Waals surface area (Å²) >= 11 is 0. The van der Waals surface area contributed by atoms with E-state index in [9.17, 15) is 0 Å². The van der Waals surface area contributed by atoms with Crippen LogP contribution in [0.5, 0.6) is 5.75 Å². The minimum atomic E-state index is 0. The number of nitrogens with zero attached hydrogens (tertiary/aromatic N) is 2. The maximum Gasteiger partial charge on any atom is 0.191 e. The molecule has 1 saturated heterocycles. The van der Waals surface area contributed by atoms with Gasteiger partial charge in [0.15, 0.2) is 5.96 Å². The van der Waals surface area contributed by atoms with Crippen LogP contribution in [0.15, 0.2) is 29.3 Å². The Kier molecular flexibility index (Phi) is 10.2. The Balaban J connectivity index is 0.00000312. The molecule has 0 radical (unpaired) electrons. The third-order valence-electron chi connectivity index (χ3n) is 4.44. The number of rotatable bonds is 6. The van der Waals surface area contributed by atoms with Crippen LogP contribution in [0, 0.1) is 0 Å². The first-order valence-electron chi connectivity index (χ1n) is 8.99. The smallest absolute Gasteiger partial charge is 0.191 e. The van der Waals surface area contributed by atoms with Gasteiger partial charge in [-0.25, -0.2) is 0 Å². The van der Waals surface area contributed by atoms with Gasteiger partial charge >= 0.3 is 0 Å². The molecule has 2 N–H and O–H groups in total. The molecule has 1 aliphatic rings. The zero-order valence-electron chi connectivity index (χ0n) is 15.9. The molecule has 0 spiro atoms. The second-order valence-corrected chi connectivity index (χ2v) is 6.64. The molecular formula is C19H33IN4O. The third-order valence-corrected chi connectivity index (χ3v) is 4.44. The van der Waals surface area contributed by atoms with Crippen molar-refractivity contribution in [2.45, 2.75) is 45.2 Å². The van der Waals surface area contributed by atoms with Gasteiger partial charge < -0.3 is 15.4 Å². The fraction of sp³-hybridized carbons (Fsp3) is 0.632. The highest BCUT2D eigenvalue weighted by Gasteiger charge is 2.22. The van der Waals surface area contributed by atoms with E-state index in [1.54, 1.807) is 7.11 Å². The Morgan fingerprint density at radius 1 is 1.16 bits per heavy atom. The fourth-order valence-electron chi connectivity index (χ4n) is 3.18. The molecule has 25 heavy (non-hydrogen) atoms. The summed E-state index contributed by atoms with van der Waals surface area (Å²) in [7, 11) is 3.53. The standard InChI is InChI=1S/C19H32N4O.HI/c1-15(2)22-19(20-3)21-14-18(23-12-6-5-7-13-23)16-8-10-17(24-4)11-9-16;/h8-11,15,18H,5-7,12-14H2,1-4H3,(H2,20,21,22);1H. The Labute approximate surface area is 169 Å². The first-order valence-corrected chi connectivity index (χ1v) is 8.99. The zero-order valence-corrected chi connectivity index (χ0v) is 18.2. The molecular weight excluding hydrogens is 427 g/mol. The van der Waals surface area contributed by atoms with Crippen molar-refractivity contribution in [3.8, 4) is 5.75 Å². The van der Waals surface area contributed by atoms with Crippen molar-refractivity contribution in [3.63, 3.8) is 0 Å². The number of benzene rings is 1. The molecule has 6 heteroatoms. The second kappa shape index (κ2) is 11.6. The quantitative estimate of drug-likeness (QED) is 0.388. The molecule has 1 aromatic rings. The molecule has 142 valence electrons. The summed E-state index contributed by atoms with van der Waals surface area (Å²) in [6.07, 6.45) is 3.91. The molecule has 0 bridgehead atoms. The van der Waals surface area contributed by atoms with E-state index in [1.807, 2.05) is 19.2 Å². The van der Waals surface area contributed by atoms with E-state index < -0.39 is 0 Å². The van der Waals surface area contributed by atoms with Crippen LogP contribution >= 0.6 is 24.0 Å². The van der Waals surface area contributed by atoms with Gasteiger partial charge in [0, 0.05) is 19.6 Å². The van der Waals surface area contributed by atoms with E-state index in [0.717, 1.165) is 31.3 Å². The zero-order chi connectivity index (χ0) is 17.4. The highest BCUT2D eigenvalue weighted by atomic mass is 127. The van der Waals surface area contributed by atoms with Gasteiger partial charge in [-0.1, -0.05) is 18.6 Å². The van der Waals surface area contributed by atoms with E-state index >= 15 is 0 Å². The van der Waals surface area contributed by atoms with Crippen LogP contribution in [0.25, 0.3) is 0 Å². The predicted molar refractivity (Wildman–Crippen MR) is 116 cm³/mol. The van der Waals surface area contributed by atoms with Crippen LogP contribution in [0.2, 0.25) is 0 Å². The van der Waals surface area contributed by atoms with Crippen molar-refractivity contribution in [2.24, 2.45) is 4.99 Å². The SMILES string of the molecule is CN=C(NCC(c1ccc(OC)cc1)N1CCCCC1)NC(C)C.I. The normalized spacial score (nSPS) is 16.9. The van der Waals surface area contributed by atoms with Crippen LogP contribution in [-0.2, 0) is 0 Å². The molecule has 5 nitrogen and oxygen atoms in total. The number of methoxy groups -OCH3 is 1. The van der Waals surface area contributed by atoms with Crippen molar-refractivity contribution in [3.05, 3.63) is 29.8 Å². The Morgan fingerprint density at radius 3 is 2.32 bits per heavy atom. The highest BCUT2D eigenvalue weighted by Crippen LogP contribution is 2.25. The molecule has 1 atom stereocenters. The van der Waals surface area contributed by atoms with E-state index in [-0.39, 0.29) is 24.0 Å². The fourth-order valence-corrected chi connectivity index (χ4v) is 3.18. The molecule has 1 fully saturated rings. The van der Waals surface area contributed by atoms with E-state index in [4.69, 9.17) is 4.74 Å². The van der Waals surface area contributed by atoms with Gasteiger partial charge in [-0.05, 0) is 57.5 Å². The summed E-state index contributed by atoms with van der Waals surface area (Å²) in [5, 5.41) is 6.85. The molecule has 2 rings (SSSR count). The summed E-state index contributed by atoms with van der Waals surface area (Å²) in [5.74, 6) is 1.77. The molecule has 0 amide bonds. The number of guanidine groups is 1. The lowest BCUT2D eigenvalue weighted by molar-refractivity contribution is 0.164. The van der Waals surface area contributed by atoms with Gasteiger partial charge in [0.25, 0.3) is 0 Å². The van der Waals surface area contributed by atoms with Crippen LogP contribution in [0.1, 0.15) is 44.7 Å². The minimum Gasteiger partial charge on any atom is -0.497 e. The van der Waals surface area contributed by atoms with Gasteiger partial charge in [0.2, 0.25) is 0 Å². The van der Waals surface area contributed by atoms with Gasteiger partial charge in [-0.3, -0.25) is 9.89 Å². The first kappa shape index (κ1) is 22.0. The molecule has 0 aromatic heterocycles. The second-order valence-electron chi connectivity index (χ2n) is 6.64. The average Bonchev–Trinajstić information content (AvgIpc) is 2.62. The number of likely N-dealkylation sites (tertiary alicyclic amines) is 1. The maximum absolute atomic E-state index is 5.30. The molecule has 1 aliphatic heterocycles. The summed E-state index contributed by atoms with van der Waals surface area (Å²) in [5.41, 5.74) is 1.32. The molecule has 1 heterocycles. The van der Waals surface area contributed by atoms with Gasteiger partial charge in [0.05, 0.1) is 13.2 Å². The van der Waals surface area contributed by atoms with Crippen molar-refractivity contribution >= 4 is 29.9 Å². The lowest BCUT2D eigenvalue weighted by Crippen LogP contribution is -2.46. The van der Waals surface area contributed by atoms with Crippen LogP contribution in [-0.4, -0.2) is 50.7 Å². The average molecular weight is 460 g/mol. The monoisotopic (exact) mass is 460 g/mol. The maximum atomic E-state index is 5.30. The third kappa shape index (κ3) is 7.01. The Bertz CT molecular complexity index is 513. The highest BCUT2D eigenvalue weighted by molar-refractivity contribution is 14.0. The van der Waals surface area contributed by atoms with E-state index in [1.165, 1.54) is 24.8 Å². The number of hydrogen-bond acceptors (Lipinski definition) is 3. The van der Waals surface area contributed by atoms with Crippen molar-refractivity contribution in [1.82, 2.24) is 15.5 Å². The lowest BCUT2D eigenvalue weighted by Gasteiger charge is -2.35. The summed E-state index contributed by atoms with van der Waals surface area (Å²) in [4.78, 5) is 6.91. The number of halogens is 1. The number of hydrogen-bond donors (Lipinski definition) is 2. The molecule has 0 aliphatic carbocycles. The van der Waals surface area contributed by atoms with E-state index in [0.29, 0.717) is 12.1 Å². The number of piperidine rings is 1. The van der Waals surface area contributed by atoms with Gasteiger partial charge in [0.1, 0.15) is 5.75 Å². The van der Waals surface area contributed by atoms with Crippen LogP contribution < -0.4 is 15.4 Å². The van der Waals surface area contributed by atoms with Gasteiger partial charge in [-0.15, -0.1) is 24.0 Å². The van der Waals surface area contributed by atoms with Gasteiger partial charge in [-0.2, -0.15) is 0 Å². The van der Waals surface area contributed by atoms with Crippen molar-refractivity contribution in [1.29, 1.82) is 0 Å². The summed E-state index contributed by atoms with van der Waals surface area (Å²) in [6, 6.07) is 9.17. The number of ether oxygens (including phenoxy) is 1. The van der Waals surface area contributed by atoms with Crippen molar-refractivity contribution < 1.29 is 4.74 Å². The first-order chi connectivity index (χ1) is 11.6. The minimum absolute atomic E-state index is 0. The topological polar surface area (TPSA) is 48.9 Å². The largest absolute Gasteiger partial charge is 0.497 e. The molecule has 1 unspecified atom stereocenters. The Morgan fingerprint density at radius 2 is 1.80 bits per heavy atom. The van der Waals surface area contributed by atoms with Crippen LogP contribution in [0.4, 0.5) is 0 Å². The predicted octanol–water partition coefficient (Wildman–Crippen LogP) is 3.41. The number of nitrogens with one attached hydrogen (secondary N) is 2. The number of aliphatic imine (C=N–C) groups is 1. The van der Waals surface area contributed by atoms with Crippen molar-refractivity contribution in [2.75, 3.05) is 33.8 Å². The summed E-state index contributed by atoms with van der Waals surface area (Å²) in [6.45, 7) is 7.42. The molecule has 0 saturated carbocycles. The summed E-state index contributed by atoms with van der Waals surface area (Å²) < 4.78 is 5.30. The van der Waals surface area contributed by atoms with E-state index in [2.05, 4.69) is 46.5 Å². The van der Waals surface area contributed by atoms with Crippen LogP contribution in [0.3, 0.4) is 0 Å². The Hall–Kier alpha value is -1.02. The molecule has 1 aromatic carbocycles. The lowest BCUT2D eigenvalue weighted by atomic mass is 10.0.